The third-order valence-electron chi connectivity index (χ3n) is 7.32. The van der Waals surface area contributed by atoms with Gasteiger partial charge in [0.25, 0.3) is 0 Å². The lowest BCUT2D eigenvalue weighted by Gasteiger charge is -2.54. The van der Waals surface area contributed by atoms with E-state index in [1.54, 1.807) is 13.8 Å². The average Bonchev–Trinajstić information content (AvgIpc) is 3.26. The van der Waals surface area contributed by atoms with Crippen molar-refractivity contribution < 1.29 is 34.0 Å². The number of hydrogen-bond acceptors (Lipinski definition) is 7. The predicted molar refractivity (Wildman–Crippen MR) is 93.2 cm³/mol. The topological polar surface area (TPSA) is 106 Å². The van der Waals surface area contributed by atoms with Crippen LogP contribution in [0.4, 0.5) is 0 Å². The molecule has 1 saturated heterocycles. The SMILES string of the molecule is C/C=C(/CO)C(=O)O[C@@H]1C2=C(C)C(=O)O[C@@]2(O)C[C@@]23O[C@@H]2CC[C@H](C)[C@@]13C. The van der Waals surface area contributed by atoms with Gasteiger partial charge in [-0.1, -0.05) is 19.9 Å². The van der Waals surface area contributed by atoms with Gasteiger partial charge in [0, 0.05) is 17.4 Å². The fourth-order valence-corrected chi connectivity index (χ4v) is 5.44. The minimum absolute atomic E-state index is 0.0517. The molecule has 0 radical (unpaired) electrons. The number of carbonyl (C=O) groups is 2. The van der Waals surface area contributed by atoms with Crippen LogP contribution in [0.2, 0.25) is 0 Å². The van der Waals surface area contributed by atoms with Gasteiger partial charge in [-0.25, -0.2) is 9.59 Å². The first kappa shape index (κ1) is 18.7. The van der Waals surface area contributed by atoms with E-state index in [-0.39, 0.29) is 29.6 Å². The van der Waals surface area contributed by atoms with E-state index in [9.17, 15) is 19.8 Å². The van der Waals surface area contributed by atoms with Crippen molar-refractivity contribution in [2.75, 3.05) is 6.61 Å². The van der Waals surface area contributed by atoms with Crippen molar-refractivity contribution >= 4 is 11.9 Å². The Kier molecular flexibility index (Phi) is 3.91. The maximum absolute atomic E-state index is 12.7. The summed E-state index contributed by atoms with van der Waals surface area (Å²) in [7, 11) is 0. The Balaban J connectivity index is 1.85. The number of aliphatic hydroxyl groups excluding tert-OH is 1. The molecule has 0 unspecified atom stereocenters. The van der Waals surface area contributed by atoms with Crippen LogP contribution < -0.4 is 0 Å². The van der Waals surface area contributed by atoms with E-state index < -0.39 is 41.5 Å². The first-order chi connectivity index (χ1) is 12.6. The number of allylic oxidation sites excluding steroid dienone is 1. The number of rotatable bonds is 3. The molecule has 4 aliphatic rings. The molecule has 4 rings (SSSR count). The van der Waals surface area contributed by atoms with Crippen LogP contribution in [-0.2, 0) is 23.8 Å². The van der Waals surface area contributed by atoms with Gasteiger partial charge < -0.3 is 24.4 Å². The van der Waals surface area contributed by atoms with Crippen molar-refractivity contribution in [3.05, 3.63) is 22.8 Å². The summed E-state index contributed by atoms with van der Waals surface area (Å²) >= 11 is 0. The van der Waals surface area contributed by atoms with Crippen molar-refractivity contribution in [3.63, 3.8) is 0 Å². The Morgan fingerprint density at radius 3 is 2.74 bits per heavy atom. The van der Waals surface area contributed by atoms with Gasteiger partial charge in [-0.2, -0.15) is 0 Å². The van der Waals surface area contributed by atoms with E-state index in [4.69, 9.17) is 14.2 Å². The molecule has 2 aliphatic carbocycles. The lowest BCUT2D eigenvalue weighted by Crippen LogP contribution is -2.64. The van der Waals surface area contributed by atoms with Crippen molar-refractivity contribution in [3.8, 4) is 0 Å². The zero-order valence-corrected chi connectivity index (χ0v) is 16.1. The number of carbonyl (C=O) groups excluding carboxylic acids is 2. The first-order valence-electron chi connectivity index (χ1n) is 9.46. The second-order valence-corrected chi connectivity index (χ2v) is 8.40. The molecule has 0 aromatic rings. The van der Waals surface area contributed by atoms with Gasteiger partial charge in [0.2, 0.25) is 5.79 Å². The summed E-state index contributed by atoms with van der Waals surface area (Å²) in [6.07, 6.45) is 2.46. The van der Waals surface area contributed by atoms with Crippen molar-refractivity contribution in [1.29, 1.82) is 0 Å². The average molecular weight is 378 g/mol. The third kappa shape index (κ3) is 2.19. The highest BCUT2D eigenvalue weighted by Gasteiger charge is 2.80. The van der Waals surface area contributed by atoms with Crippen LogP contribution in [-0.4, -0.2) is 52.4 Å². The molecule has 2 saturated carbocycles. The molecule has 0 amide bonds. The summed E-state index contributed by atoms with van der Waals surface area (Å²) < 4.78 is 17.3. The highest BCUT2D eigenvalue weighted by molar-refractivity contribution is 5.93. The summed E-state index contributed by atoms with van der Waals surface area (Å²) in [6.45, 7) is 6.87. The largest absolute Gasteiger partial charge is 0.453 e. The number of hydrogen-bond donors (Lipinski definition) is 2. The standard InChI is InChI=1S/C20H26O7/c1-5-12(8-21)17(23)25-15-14-11(3)16(22)27-20(14,24)9-19-13(26-19)7-6-10(2)18(15,19)4/h5,10,13,15,21,24H,6-9H2,1-4H3/b12-5-/t10-,13+,15+,18-,19+,20-/m0/s1. The van der Waals surface area contributed by atoms with Gasteiger partial charge in [-0.15, -0.1) is 0 Å². The van der Waals surface area contributed by atoms with Crippen LogP contribution in [0, 0.1) is 11.3 Å². The van der Waals surface area contributed by atoms with Gasteiger partial charge in [0.05, 0.1) is 23.9 Å². The normalized spacial score (nSPS) is 45.6. The van der Waals surface area contributed by atoms with Gasteiger partial charge >= 0.3 is 11.9 Å². The summed E-state index contributed by atoms with van der Waals surface area (Å²) in [6, 6.07) is 0. The number of esters is 2. The second kappa shape index (κ2) is 5.65. The molecule has 0 aromatic carbocycles. The van der Waals surface area contributed by atoms with E-state index >= 15 is 0 Å². The highest BCUT2D eigenvalue weighted by atomic mass is 16.7. The van der Waals surface area contributed by atoms with Crippen LogP contribution in [0.15, 0.2) is 22.8 Å². The van der Waals surface area contributed by atoms with Crippen LogP contribution in [0.3, 0.4) is 0 Å². The van der Waals surface area contributed by atoms with E-state index in [0.717, 1.165) is 12.8 Å². The number of ether oxygens (including phenoxy) is 3. The fourth-order valence-electron chi connectivity index (χ4n) is 5.44. The molecule has 7 heteroatoms. The maximum Gasteiger partial charge on any atom is 0.336 e. The molecular weight excluding hydrogens is 352 g/mol. The summed E-state index contributed by atoms with van der Waals surface area (Å²) in [4.78, 5) is 24.9. The smallest absolute Gasteiger partial charge is 0.336 e. The van der Waals surface area contributed by atoms with E-state index in [1.807, 2.05) is 6.92 Å². The molecule has 1 spiro atoms. The van der Waals surface area contributed by atoms with Crippen LogP contribution in [0.5, 0.6) is 0 Å². The quantitative estimate of drug-likeness (QED) is 0.434. The molecule has 2 aliphatic heterocycles. The molecule has 27 heavy (non-hydrogen) atoms. The third-order valence-corrected chi connectivity index (χ3v) is 7.32. The lowest BCUT2D eigenvalue weighted by molar-refractivity contribution is -0.225. The van der Waals surface area contributed by atoms with Crippen molar-refractivity contribution in [2.45, 2.75) is 70.6 Å². The summed E-state index contributed by atoms with van der Waals surface area (Å²) in [5.74, 6) is -2.96. The number of fused-ring (bicyclic) bond motifs is 1. The minimum atomic E-state index is -1.83. The van der Waals surface area contributed by atoms with Crippen LogP contribution in [0.1, 0.15) is 47.0 Å². The zero-order chi connectivity index (χ0) is 19.8. The Hall–Kier alpha value is -1.70. The predicted octanol–water partition coefficient (Wildman–Crippen LogP) is 1.38. The minimum Gasteiger partial charge on any atom is -0.453 e. The molecule has 3 fully saturated rings. The van der Waals surface area contributed by atoms with Crippen LogP contribution >= 0.6 is 0 Å². The van der Waals surface area contributed by atoms with Gasteiger partial charge in [0.1, 0.15) is 11.7 Å². The Morgan fingerprint density at radius 1 is 1.41 bits per heavy atom. The van der Waals surface area contributed by atoms with Crippen molar-refractivity contribution in [1.82, 2.24) is 0 Å². The Morgan fingerprint density at radius 2 is 2.11 bits per heavy atom. The van der Waals surface area contributed by atoms with Gasteiger partial charge in [-0.3, -0.25) is 0 Å². The number of aliphatic hydroxyl groups is 2. The molecule has 0 aromatic heterocycles. The van der Waals surface area contributed by atoms with Crippen molar-refractivity contribution in [2.24, 2.45) is 11.3 Å². The molecule has 6 atom stereocenters. The Bertz CT molecular complexity index is 783. The Labute approximate surface area is 158 Å². The molecule has 2 heterocycles. The monoisotopic (exact) mass is 378 g/mol. The number of epoxide rings is 1. The molecule has 2 N–H and O–H groups in total. The highest BCUT2D eigenvalue weighted by Crippen LogP contribution is 2.70. The first-order valence-corrected chi connectivity index (χ1v) is 9.46. The second-order valence-electron chi connectivity index (χ2n) is 8.40. The maximum atomic E-state index is 12.7. The lowest BCUT2D eigenvalue weighted by atomic mass is 9.51. The van der Waals surface area contributed by atoms with E-state index in [0.29, 0.717) is 5.57 Å². The van der Waals surface area contributed by atoms with E-state index in [1.165, 1.54) is 6.08 Å². The molecule has 7 nitrogen and oxygen atoms in total. The molecular formula is C20H26O7. The van der Waals surface area contributed by atoms with Gasteiger partial charge in [0.15, 0.2) is 0 Å². The summed E-state index contributed by atoms with van der Waals surface area (Å²) in [5.41, 5.74) is -0.607. The van der Waals surface area contributed by atoms with E-state index in [2.05, 4.69) is 6.92 Å². The zero-order valence-electron chi connectivity index (χ0n) is 16.1. The van der Waals surface area contributed by atoms with Crippen LogP contribution in [0.25, 0.3) is 0 Å². The van der Waals surface area contributed by atoms with Gasteiger partial charge in [-0.05, 0) is 32.6 Å². The molecule has 0 bridgehead atoms. The fraction of sp³-hybridized carbons (Fsp3) is 0.700. The summed E-state index contributed by atoms with van der Waals surface area (Å²) in [5, 5.41) is 20.6. The molecule has 148 valence electrons.